The highest BCUT2D eigenvalue weighted by Crippen LogP contribution is 2.38. The molecular formula is C37H40F3N3O3. The summed E-state index contributed by atoms with van der Waals surface area (Å²) in [5.41, 5.74) is 7.28. The molecule has 46 heavy (non-hydrogen) atoms. The van der Waals surface area contributed by atoms with Crippen LogP contribution in [0.5, 0.6) is 5.75 Å². The molecular weight excluding hydrogens is 591 g/mol. The lowest BCUT2D eigenvalue weighted by atomic mass is 9.82. The van der Waals surface area contributed by atoms with Gasteiger partial charge in [0.1, 0.15) is 0 Å². The summed E-state index contributed by atoms with van der Waals surface area (Å²) in [4.78, 5) is 30.9. The molecule has 1 N–H and O–H groups in total. The fourth-order valence-corrected chi connectivity index (χ4v) is 6.66. The number of fused-ring (bicyclic) bond motifs is 2. The van der Waals surface area contributed by atoms with Gasteiger partial charge in [0.15, 0.2) is 17.4 Å². The van der Waals surface area contributed by atoms with Crippen molar-refractivity contribution in [3.8, 4) is 5.75 Å². The zero-order valence-corrected chi connectivity index (χ0v) is 26.5. The van der Waals surface area contributed by atoms with E-state index in [0.29, 0.717) is 38.9 Å². The second kappa shape index (κ2) is 13.3. The van der Waals surface area contributed by atoms with Gasteiger partial charge in [0.05, 0.1) is 12.6 Å². The van der Waals surface area contributed by atoms with Gasteiger partial charge >= 0.3 is 0 Å². The molecule has 1 unspecified atom stereocenters. The number of hydrogen-bond acceptors (Lipinski definition) is 4. The first-order valence-electron chi connectivity index (χ1n) is 16.1. The molecule has 0 spiro atoms. The van der Waals surface area contributed by atoms with Gasteiger partial charge in [0.2, 0.25) is 11.7 Å². The van der Waals surface area contributed by atoms with Crippen molar-refractivity contribution in [2.75, 3.05) is 19.7 Å². The average molecular weight is 632 g/mol. The number of ether oxygens (including phenoxy) is 1. The number of amides is 2. The number of carbonyl (C=O) groups excluding carboxylic acids is 2. The van der Waals surface area contributed by atoms with Crippen molar-refractivity contribution < 1.29 is 27.5 Å². The van der Waals surface area contributed by atoms with Gasteiger partial charge in [-0.25, -0.2) is 8.78 Å². The van der Waals surface area contributed by atoms with Crippen molar-refractivity contribution >= 4 is 17.4 Å². The third-order valence-electron chi connectivity index (χ3n) is 9.55. The molecule has 3 aromatic carbocycles. The topological polar surface area (TPSA) is 61.9 Å². The van der Waals surface area contributed by atoms with E-state index in [4.69, 9.17) is 4.74 Å². The Bertz CT molecular complexity index is 1670. The van der Waals surface area contributed by atoms with E-state index < -0.39 is 23.2 Å². The molecule has 6 nitrogen and oxygen atoms in total. The van der Waals surface area contributed by atoms with Crippen LogP contribution < -0.4 is 10.1 Å². The van der Waals surface area contributed by atoms with Crippen LogP contribution in [0.3, 0.4) is 0 Å². The van der Waals surface area contributed by atoms with Crippen molar-refractivity contribution in [2.45, 2.75) is 77.5 Å². The molecule has 0 radical (unpaired) electrons. The molecule has 2 aliphatic heterocycles. The summed E-state index contributed by atoms with van der Waals surface area (Å²) in [5, 5.41) is 3.65. The fraction of sp³-hybridized carbons (Fsp3) is 0.405. The lowest BCUT2D eigenvalue weighted by Gasteiger charge is -2.44. The molecule has 1 saturated carbocycles. The first-order chi connectivity index (χ1) is 22.1. The van der Waals surface area contributed by atoms with Crippen LogP contribution in [0.15, 0.2) is 60.2 Å². The Labute approximate surface area is 268 Å². The SMILES string of the molecule is CC(=O)N1CC2CC(c3ccc(CCCOc4c(F)ccc(F)c4F)cc3)=C(C(=O)N(Cc3cccc(C)c3C)C3CC3)[C@@H](C1)N2. The Balaban J connectivity index is 1.24. The first-order valence-corrected chi connectivity index (χ1v) is 16.1. The Morgan fingerprint density at radius 3 is 2.43 bits per heavy atom. The summed E-state index contributed by atoms with van der Waals surface area (Å²) in [6.07, 6.45) is 3.66. The van der Waals surface area contributed by atoms with Crippen LogP contribution in [0.1, 0.15) is 60.4 Å². The number of halogens is 3. The zero-order valence-electron chi connectivity index (χ0n) is 26.5. The molecule has 242 valence electrons. The minimum Gasteiger partial charge on any atom is -0.488 e. The molecule has 1 saturated heterocycles. The molecule has 6 rings (SSSR count). The number of aryl methyl sites for hydroxylation is 2. The van der Waals surface area contributed by atoms with Gasteiger partial charge in [-0.05, 0) is 91.5 Å². The van der Waals surface area contributed by atoms with Crippen molar-refractivity contribution in [2.24, 2.45) is 0 Å². The van der Waals surface area contributed by atoms with Gasteiger partial charge in [-0.15, -0.1) is 0 Å². The molecule has 9 heteroatoms. The Morgan fingerprint density at radius 2 is 1.72 bits per heavy atom. The van der Waals surface area contributed by atoms with Crippen LogP contribution in [0, 0.1) is 31.3 Å². The van der Waals surface area contributed by atoms with Crippen LogP contribution in [-0.2, 0) is 22.6 Å². The summed E-state index contributed by atoms with van der Waals surface area (Å²) in [5.74, 6) is -4.07. The molecule has 3 aliphatic rings. The second-order valence-electron chi connectivity index (χ2n) is 12.8. The average Bonchev–Trinajstić information content (AvgIpc) is 3.88. The van der Waals surface area contributed by atoms with Gasteiger partial charge in [-0.1, -0.05) is 42.5 Å². The van der Waals surface area contributed by atoms with Crippen LogP contribution in [-0.4, -0.2) is 59.4 Å². The molecule has 2 amide bonds. The van der Waals surface area contributed by atoms with Crippen LogP contribution >= 0.6 is 0 Å². The molecule has 0 aromatic heterocycles. The van der Waals surface area contributed by atoms with Crippen molar-refractivity contribution in [1.82, 2.24) is 15.1 Å². The maximum atomic E-state index is 14.6. The summed E-state index contributed by atoms with van der Waals surface area (Å²) in [6.45, 7) is 7.40. The van der Waals surface area contributed by atoms with E-state index in [1.54, 1.807) is 6.92 Å². The summed E-state index contributed by atoms with van der Waals surface area (Å²) in [7, 11) is 0. The number of hydrogen-bond donors (Lipinski definition) is 1. The van der Waals surface area contributed by atoms with Crippen LogP contribution in [0.25, 0.3) is 5.57 Å². The van der Waals surface area contributed by atoms with E-state index in [1.165, 1.54) is 11.1 Å². The minimum absolute atomic E-state index is 0.0115. The molecule has 2 heterocycles. The normalized spacial score (nSPS) is 19.3. The van der Waals surface area contributed by atoms with Gasteiger partial charge in [-0.3, -0.25) is 9.59 Å². The highest BCUT2D eigenvalue weighted by Gasteiger charge is 2.43. The van der Waals surface area contributed by atoms with E-state index in [-0.39, 0.29) is 36.5 Å². The summed E-state index contributed by atoms with van der Waals surface area (Å²) < 4.78 is 46.5. The lowest BCUT2D eigenvalue weighted by Crippen LogP contribution is -2.61. The maximum Gasteiger partial charge on any atom is 0.252 e. The highest BCUT2D eigenvalue weighted by molar-refractivity contribution is 6.03. The molecule has 3 aromatic rings. The van der Waals surface area contributed by atoms with E-state index in [0.717, 1.165) is 52.8 Å². The standard InChI is InChI=1S/C37H40F3N3O3/c1-22-6-4-8-27(23(22)2)19-43(29-13-14-29)37(45)34-30(18-28-20-42(24(3)44)21-33(34)41-28)26-11-9-25(10-12-26)7-5-17-46-36-32(39)16-15-31(38)35(36)40/h4,6,8-12,15-16,28-29,33,41H,5,7,13-14,17-21H2,1-3H3/t28?,33-/m1/s1. The Morgan fingerprint density at radius 1 is 0.978 bits per heavy atom. The third kappa shape index (κ3) is 6.70. The monoisotopic (exact) mass is 631 g/mol. The third-order valence-corrected chi connectivity index (χ3v) is 9.55. The fourth-order valence-electron chi connectivity index (χ4n) is 6.66. The summed E-state index contributed by atoms with van der Waals surface area (Å²) >= 11 is 0. The summed E-state index contributed by atoms with van der Waals surface area (Å²) in [6, 6.07) is 15.9. The van der Waals surface area contributed by atoms with Crippen LogP contribution in [0.4, 0.5) is 13.2 Å². The number of benzene rings is 3. The second-order valence-corrected chi connectivity index (χ2v) is 12.8. The Hall–Kier alpha value is -4.11. The maximum absolute atomic E-state index is 14.6. The van der Waals surface area contributed by atoms with E-state index in [9.17, 15) is 22.8 Å². The quantitative estimate of drug-likeness (QED) is 0.212. The van der Waals surface area contributed by atoms with Gasteiger partial charge in [0, 0.05) is 44.2 Å². The number of piperazine rings is 1. The number of carbonyl (C=O) groups is 2. The largest absolute Gasteiger partial charge is 0.488 e. The van der Waals surface area contributed by atoms with E-state index in [1.807, 2.05) is 40.1 Å². The van der Waals surface area contributed by atoms with Gasteiger partial charge < -0.3 is 19.9 Å². The van der Waals surface area contributed by atoms with E-state index >= 15 is 0 Å². The van der Waals surface area contributed by atoms with Crippen LogP contribution in [0.2, 0.25) is 0 Å². The lowest BCUT2D eigenvalue weighted by molar-refractivity contribution is -0.132. The predicted molar refractivity (Wildman–Crippen MR) is 171 cm³/mol. The number of nitrogens with zero attached hydrogens (tertiary/aromatic N) is 2. The highest BCUT2D eigenvalue weighted by atomic mass is 19.2. The smallest absolute Gasteiger partial charge is 0.252 e. The van der Waals surface area contributed by atoms with E-state index in [2.05, 4.69) is 31.3 Å². The van der Waals surface area contributed by atoms with Gasteiger partial charge in [0.25, 0.3) is 5.91 Å². The minimum atomic E-state index is -1.32. The van der Waals surface area contributed by atoms with Crippen molar-refractivity contribution in [3.63, 3.8) is 0 Å². The van der Waals surface area contributed by atoms with Crippen molar-refractivity contribution in [3.05, 3.63) is 105 Å². The number of nitrogens with one attached hydrogen (secondary N) is 1. The molecule has 2 fully saturated rings. The molecule has 2 bridgehead atoms. The zero-order chi connectivity index (χ0) is 32.5. The number of rotatable bonds is 10. The Kier molecular flexibility index (Phi) is 9.22. The molecule has 2 atom stereocenters. The van der Waals surface area contributed by atoms with Crippen molar-refractivity contribution in [1.29, 1.82) is 0 Å². The predicted octanol–water partition coefficient (Wildman–Crippen LogP) is 6.27. The van der Waals surface area contributed by atoms with Gasteiger partial charge in [-0.2, -0.15) is 4.39 Å². The first kappa shape index (κ1) is 31.9. The molecule has 1 aliphatic carbocycles.